The lowest BCUT2D eigenvalue weighted by Gasteiger charge is -2.12. The van der Waals surface area contributed by atoms with Crippen molar-refractivity contribution in [1.82, 2.24) is 0 Å². The van der Waals surface area contributed by atoms with Gasteiger partial charge in [-0.3, -0.25) is 4.79 Å². The molecule has 2 nitrogen and oxygen atoms in total. The largest absolute Gasteiger partial charge is 0.322 e. The second-order valence-corrected chi connectivity index (χ2v) is 4.16. The van der Waals surface area contributed by atoms with Gasteiger partial charge in [0.25, 0.3) is 0 Å². The maximum absolute atomic E-state index is 11.4. The van der Waals surface area contributed by atoms with Crippen LogP contribution >= 0.6 is 0 Å². The summed E-state index contributed by atoms with van der Waals surface area (Å²) in [6, 6.07) is -0.278. The number of rotatable bonds is 6. The summed E-state index contributed by atoms with van der Waals surface area (Å²) in [5.74, 6) is 0.653. The van der Waals surface area contributed by atoms with Crippen LogP contribution in [0, 0.1) is 5.92 Å². The van der Waals surface area contributed by atoms with Gasteiger partial charge in [-0.15, -0.1) is 6.58 Å². The van der Waals surface area contributed by atoms with Crippen LogP contribution in [0.4, 0.5) is 0 Å². The van der Waals surface area contributed by atoms with Crippen LogP contribution in [0.2, 0.25) is 0 Å². The van der Waals surface area contributed by atoms with E-state index >= 15 is 0 Å². The highest BCUT2D eigenvalue weighted by Crippen LogP contribution is 2.08. The molecule has 0 bridgehead atoms. The maximum atomic E-state index is 11.4. The average molecular weight is 183 g/mol. The molecule has 13 heavy (non-hydrogen) atoms. The van der Waals surface area contributed by atoms with Crippen LogP contribution in [0.15, 0.2) is 12.2 Å². The zero-order valence-electron chi connectivity index (χ0n) is 8.97. The Morgan fingerprint density at radius 3 is 2.31 bits per heavy atom. The van der Waals surface area contributed by atoms with Gasteiger partial charge in [0, 0.05) is 6.42 Å². The summed E-state index contributed by atoms with van der Waals surface area (Å²) in [5, 5.41) is 0. The van der Waals surface area contributed by atoms with Crippen molar-refractivity contribution in [3.05, 3.63) is 12.2 Å². The molecular weight excluding hydrogens is 162 g/mol. The Kier molecular flexibility index (Phi) is 5.63. The molecule has 0 rings (SSSR count). The van der Waals surface area contributed by atoms with Crippen molar-refractivity contribution in [1.29, 1.82) is 0 Å². The molecule has 0 fully saturated rings. The standard InChI is InChI=1S/C11H21NO/c1-8(2)5-6-11(13)10(12)7-9(3)4/h9-10H,1,5-7,12H2,2-4H3. The molecular formula is C11H21NO. The van der Waals surface area contributed by atoms with Crippen molar-refractivity contribution in [3.63, 3.8) is 0 Å². The molecule has 0 aromatic carbocycles. The smallest absolute Gasteiger partial charge is 0.149 e. The molecule has 0 aromatic rings. The highest BCUT2D eigenvalue weighted by atomic mass is 16.1. The van der Waals surface area contributed by atoms with Gasteiger partial charge in [0.1, 0.15) is 5.78 Å². The van der Waals surface area contributed by atoms with Crippen LogP contribution in [0.5, 0.6) is 0 Å². The van der Waals surface area contributed by atoms with Crippen LogP contribution in [-0.2, 0) is 4.79 Å². The molecule has 76 valence electrons. The summed E-state index contributed by atoms with van der Waals surface area (Å²) in [7, 11) is 0. The summed E-state index contributed by atoms with van der Waals surface area (Å²) in [5.41, 5.74) is 6.77. The normalized spacial score (nSPS) is 13.0. The van der Waals surface area contributed by atoms with Crippen molar-refractivity contribution >= 4 is 5.78 Å². The molecule has 0 radical (unpaired) electrons. The van der Waals surface area contributed by atoms with Gasteiger partial charge in [-0.25, -0.2) is 0 Å². The first-order chi connectivity index (χ1) is 5.93. The number of carbonyl (C=O) groups excluding carboxylic acids is 1. The average Bonchev–Trinajstić information content (AvgIpc) is 1.98. The van der Waals surface area contributed by atoms with Gasteiger partial charge in [0.05, 0.1) is 6.04 Å². The monoisotopic (exact) mass is 183 g/mol. The molecule has 0 amide bonds. The molecule has 0 saturated carbocycles. The summed E-state index contributed by atoms with van der Waals surface area (Å²) in [4.78, 5) is 11.4. The van der Waals surface area contributed by atoms with Gasteiger partial charge in [-0.1, -0.05) is 19.4 Å². The molecule has 0 spiro atoms. The molecule has 2 heteroatoms. The predicted octanol–water partition coefficient (Wildman–Crippen LogP) is 2.29. The fourth-order valence-electron chi connectivity index (χ4n) is 1.16. The Bertz CT molecular complexity index is 185. The summed E-state index contributed by atoms with van der Waals surface area (Å²) < 4.78 is 0. The molecule has 0 aliphatic heterocycles. The second-order valence-electron chi connectivity index (χ2n) is 4.16. The number of Topliss-reactive ketones (excluding diaryl/α,β-unsaturated/α-hetero) is 1. The zero-order chi connectivity index (χ0) is 10.4. The summed E-state index contributed by atoms with van der Waals surface area (Å²) in [6.07, 6.45) is 2.10. The van der Waals surface area contributed by atoms with E-state index in [1.165, 1.54) is 0 Å². The predicted molar refractivity (Wildman–Crippen MR) is 56.5 cm³/mol. The SMILES string of the molecule is C=C(C)CCC(=O)C(N)CC(C)C. The van der Waals surface area contributed by atoms with Crippen molar-refractivity contribution in [3.8, 4) is 0 Å². The number of hydrogen-bond acceptors (Lipinski definition) is 2. The maximum Gasteiger partial charge on any atom is 0.149 e. The van der Waals surface area contributed by atoms with Crippen molar-refractivity contribution < 1.29 is 4.79 Å². The van der Waals surface area contributed by atoms with E-state index in [1.807, 2.05) is 6.92 Å². The van der Waals surface area contributed by atoms with E-state index < -0.39 is 0 Å². The molecule has 0 aliphatic rings. The Labute approximate surface area is 81.2 Å². The topological polar surface area (TPSA) is 43.1 Å². The molecule has 0 saturated heterocycles. The van der Waals surface area contributed by atoms with Crippen LogP contribution in [0.1, 0.15) is 40.0 Å². The van der Waals surface area contributed by atoms with E-state index in [2.05, 4.69) is 20.4 Å². The molecule has 0 aliphatic carbocycles. The lowest BCUT2D eigenvalue weighted by Crippen LogP contribution is -2.31. The van der Waals surface area contributed by atoms with Gasteiger partial charge in [-0.2, -0.15) is 0 Å². The fourth-order valence-corrected chi connectivity index (χ4v) is 1.16. The summed E-state index contributed by atoms with van der Waals surface area (Å²) >= 11 is 0. The van der Waals surface area contributed by atoms with Gasteiger partial charge in [-0.05, 0) is 25.7 Å². The Morgan fingerprint density at radius 1 is 1.38 bits per heavy atom. The van der Waals surface area contributed by atoms with Crippen molar-refractivity contribution in [2.45, 2.75) is 46.1 Å². The van der Waals surface area contributed by atoms with Crippen LogP contribution in [0.25, 0.3) is 0 Å². The third-order valence-electron chi connectivity index (χ3n) is 1.94. The number of hydrogen-bond donors (Lipinski definition) is 1. The third-order valence-corrected chi connectivity index (χ3v) is 1.94. The highest BCUT2D eigenvalue weighted by Gasteiger charge is 2.13. The first kappa shape index (κ1) is 12.4. The lowest BCUT2D eigenvalue weighted by atomic mass is 9.98. The minimum Gasteiger partial charge on any atom is -0.322 e. The van der Waals surface area contributed by atoms with E-state index in [1.54, 1.807) is 0 Å². The number of ketones is 1. The van der Waals surface area contributed by atoms with Gasteiger partial charge >= 0.3 is 0 Å². The van der Waals surface area contributed by atoms with Crippen LogP contribution in [-0.4, -0.2) is 11.8 Å². The minimum absolute atomic E-state index is 0.164. The fraction of sp³-hybridized carbons (Fsp3) is 0.727. The van der Waals surface area contributed by atoms with E-state index in [0.29, 0.717) is 12.3 Å². The molecule has 0 heterocycles. The van der Waals surface area contributed by atoms with Crippen molar-refractivity contribution in [2.24, 2.45) is 11.7 Å². The van der Waals surface area contributed by atoms with E-state index in [9.17, 15) is 4.79 Å². The Hall–Kier alpha value is -0.630. The van der Waals surface area contributed by atoms with E-state index in [0.717, 1.165) is 18.4 Å². The first-order valence-corrected chi connectivity index (χ1v) is 4.86. The second kappa shape index (κ2) is 5.92. The quantitative estimate of drug-likeness (QED) is 0.642. The van der Waals surface area contributed by atoms with Crippen molar-refractivity contribution in [2.75, 3.05) is 0 Å². The lowest BCUT2D eigenvalue weighted by molar-refractivity contribution is -0.120. The van der Waals surface area contributed by atoms with Gasteiger partial charge in [0.15, 0.2) is 0 Å². The van der Waals surface area contributed by atoms with Crippen LogP contribution < -0.4 is 5.73 Å². The Balaban J connectivity index is 3.76. The van der Waals surface area contributed by atoms with Gasteiger partial charge in [0.2, 0.25) is 0 Å². The highest BCUT2D eigenvalue weighted by molar-refractivity contribution is 5.83. The molecule has 1 unspecified atom stereocenters. The third kappa shape index (κ3) is 6.52. The zero-order valence-corrected chi connectivity index (χ0v) is 8.97. The number of allylic oxidation sites excluding steroid dienone is 1. The number of nitrogens with two attached hydrogens (primary N) is 1. The number of carbonyl (C=O) groups is 1. The van der Waals surface area contributed by atoms with Crippen LogP contribution in [0.3, 0.4) is 0 Å². The molecule has 2 N–H and O–H groups in total. The first-order valence-electron chi connectivity index (χ1n) is 4.86. The van der Waals surface area contributed by atoms with Gasteiger partial charge < -0.3 is 5.73 Å². The summed E-state index contributed by atoms with van der Waals surface area (Å²) in [6.45, 7) is 9.84. The minimum atomic E-state index is -0.278. The molecule has 1 atom stereocenters. The molecule has 0 aromatic heterocycles. The van der Waals surface area contributed by atoms with E-state index in [-0.39, 0.29) is 11.8 Å². The van der Waals surface area contributed by atoms with E-state index in [4.69, 9.17) is 5.73 Å². The Morgan fingerprint density at radius 2 is 1.92 bits per heavy atom.